The van der Waals surface area contributed by atoms with Crippen LogP contribution in [0.2, 0.25) is 0 Å². The van der Waals surface area contributed by atoms with Crippen molar-refractivity contribution in [2.24, 2.45) is 0 Å². The van der Waals surface area contributed by atoms with Crippen molar-refractivity contribution in [3.05, 3.63) is 77.9 Å². The molecule has 1 heteroatoms. The lowest BCUT2D eigenvalue weighted by atomic mass is 10.1. The zero-order valence-corrected chi connectivity index (χ0v) is 10.6. The third-order valence-corrected chi connectivity index (χ3v) is 2.82. The van der Waals surface area contributed by atoms with Gasteiger partial charge in [-0.25, -0.2) is 0 Å². The van der Waals surface area contributed by atoms with Gasteiger partial charge < -0.3 is 4.74 Å². The van der Waals surface area contributed by atoms with E-state index in [4.69, 9.17) is 4.74 Å². The van der Waals surface area contributed by atoms with E-state index in [0.717, 1.165) is 0 Å². The van der Waals surface area contributed by atoms with E-state index >= 15 is 0 Å². The molecule has 0 radical (unpaired) electrons. The fourth-order valence-electron chi connectivity index (χ4n) is 1.77. The molecule has 18 heavy (non-hydrogen) atoms. The van der Waals surface area contributed by atoms with Crippen LogP contribution in [0.1, 0.15) is 24.2 Å². The molecule has 0 fully saturated rings. The van der Waals surface area contributed by atoms with E-state index in [9.17, 15) is 0 Å². The Morgan fingerprint density at radius 3 is 2.22 bits per heavy atom. The fraction of sp³-hybridized carbons (Fsp3) is 0.176. The second kappa shape index (κ2) is 6.77. The Morgan fingerprint density at radius 1 is 0.944 bits per heavy atom. The highest BCUT2D eigenvalue weighted by Crippen LogP contribution is 2.15. The summed E-state index contributed by atoms with van der Waals surface area (Å²) in [4.78, 5) is 0. The molecule has 0 aliphatic heterocycles. The average Bonchev–Trinajstić information content (AvgIpc) is 2.45. The Balaban J connectivity index is 1.81. The molecule has 0 saturated carbocycles. The lowest BCUT2D eigenvalue weighted by Gasteiger charge is -2.11. The molecule has 0 amide bonds. The molecule has 1 nitrogen and oxygen atoms in total. The number of ether oxygens (including phenoxy) is 1. The van der Waals surface area contributed by atoms with Crippen molar-refractivity contribution < 1.29 is 4.74 Å². The molecule has 0 spiro atoms. The van der Waals surface area contributed by atoms with Crippen LogP contribution in [0.3, 0.4) is 0 Å². The molecule has 1 atom stereocenters. The highest BCUT2D eigenvalue weighted by molar-refractivity contribution is 5.48. The van der Waals surface area contributed by atoms with Gasteiger partial charge in [-0.1, -0.05) is 72.8 Å². The molecule has 0 bridgehead atoms. The van der Waals surface area contributed by atoms with Crippen LogP contribution < -0.4 is 0 Å². The minimum atomic E-state index is 0.131. The monoisotopic (exact) mass is 238 g/mol. The van der Waals surface area contributed by atoms with Crippen LogP contribution in [-0.2, 0) is 4.74 Å². The summed E-state index contributed by atoms with van der Waals surface area (Å²) in [5.74, 6) is 0. The summed E-state index contributed by atoms with van der Waals surface area (Å²) < 4.78 is 5.76. The van der Waals surface area contributed by atoms with E-state index < -0.39 is 0 Å². The second-order valence-corrected chi connectivity index (χ2v) is 4.20. The van der Waals surface area contributed by atoms with Crippen molar-refractivity contribution in [3.63, 3.8) is 0 Å². The van der Waals surface area contributed by atoms with Gasteiger partial charge in [0.05, 0.1) is 12.7 Å². The molecule has 0 heterocycles. The molecule has 0 aromatic heterocycles. The summed E-state index contributed by atoms with van der Waals surface area (Å²) in [6, 6.07) is 20.5. The number of rotatable bonds is 5. The van der Waals surface area contributed by atoms with E-state index in [1.54, 1.807) is 0 Å². The lowest BCUT2D eigenvalue weighted by molar-refractivity contribution is 0.0889. The van der Waals surface area contributed by atoms with E-state index in [2.05, 4.69) is 43.3 Å². The van der Waals surface area contributed by atoms with Crippen LogP contribution in [0.15, 0.2) is 66.7 Å². The van der Waals surface area contributed by atoms with Gasteiger partial charge in [0.15, 0.2) is 0 Å². The van der Waals surface area contributed by atoms with Crippen LogP contribution in [0.4, 0.5) is 0 Å². The van der Waals surface area contributed by atoms with E-state index in [0.29, 0.717) is 6.61 Å². The summed E-state index contributed by atoms with van der Waals surface area (Å²) >= 11 is 0. The third-order valence-electron chi connectivity index (χ3n) is 2.82. The maximum Gasteiger partial charge on any atom is 0.0801 e. The van der Waals surface area contributed by atoms with Crippen molar-refractivity contribution in [1.82, 2.24) is 0 Å². The third kappa shape index (κ3) is 3.86. The maximum absolute atomic E-state index is 5.76. The Morgan fingerprint density at radius 2 is 1.56 bits per heavy atom. The molecular formula is C17H18O. The van der Waals surface area contributed by atoms with Crippen molar-refractivity contribution in [3.8, 4) is 0 Å². The molecule has 2 rings (SSSR count). The zero-order valence-electron chi connectivity index (χ0n) is 10.6. The normalized spacial score (nSPS) is 12.7. The van der Waals surface area contributed by atoms with Gasteiger partial charge in [-0.2, -0.15) is 0 Å². The molecule has 92 valence electrons. The molecular weight excluding hydrogens is 220 g/mol. The largest absolute Gasteiger partial charge is 0.370 e. The maximum atomic E-state index is 5.76. The standard InChI is InChI=1S/C17H18O/c1-15(17-12-6-3-7-13-17)18-14-8-11-16-9-4-2-5-10-16/h2-13,15H,14H2,1H3/b11-8+/t15-/m1/s1. The van der Waals surface area contributed by atoms with Gasteiger partial charge in [0.1, 0.15) is 0 Å². The smallest absolute Gasteiger partial charge is 0.0801 e. The number of hydrogen-bond donors (Lipinski definition) is 0. The molecule has 0 N–H and O–H groups in total. The first-order valence-corrected chi connectivity index (χ1v) is 6.24. The molecule has 2 aromatic carbocycles. The van der Waals surface area contributed by atoms with Gasteiger partial charge in [0, 0.05) is 0 Å². The van der Waals surface area contributed by atoms with Gasteiger partial charge >= 0.3 is 0 Å². The minimum absolute atomic E-state index is 0.131. The van der Waals surface area contributed by atoms with E-state index in [-0.39, 0.29) is 6.10 Å². The highest BCUT2D eigenvalue weighted by atomic mass is 16.5. The second-order valence-electron chi connectivity index (χ2n) is 4.20. The fourth-order valence-corrected chi connectivity index (χ4v) is 1.77. The summed E-state index contributed by atoms with van der Waals surface area (Å²) in [6.07, 6.45) is 4.26. The molecule has 0 aliphatic carbocycles. The summed E-state index contributed by atoms with van der Waals surface area (Å²) in [6.45, 7) is 2.71. The SMILES string of the molecule is C[C@@H](OC/C=C/c1ccccc1)c1ccccc1. The molecule has 0 unspecified atom stereocenters. The zero-order chi connectivity index (χ0) is 12.6. The van der Waals surface area contributed by atoms with Crippen molar-refractivity contribution in [2.75, 3.05) is 6.61 Å². The molecule has 2 aromatic rings. The minimum Gasteiger partial charge on any atom is -0.370 e. The Labute approximate surface area is 109 Å². The van der Waals surface area contributed by atoms with Gasteiger partial charge in [-0.15, -0.1) is 0 Å². The van der Waals surface area contributed by atoms with Crippen molar-refractivity contribution in [2.45, 2.75) is 13.0 Å². The van der Waals surface area contributed by atoms with E-state index in [1.807, 2.05) is 36.4 Å². The van der Waals surface area contributed by atoms with Crippen LogP contribution >= 0.6 is 0 Å². The first kappa shape index (κ1) is 12.6. The number of benzene rings is 2. The Hall–Kier alpha value is -1.86. The van der Waals surface area contributed by atoms with Crippen LogP contribution in [0.25, 0.3) is 6.08 Å². The summed E-state index contributed by atoms with van der Waals surface area (Å²) in [7, 11) is 0. The van der Waals surface area contributed by atoms with E-state index in [1.165, 1.54) is 11.1 Å². The van der Waals surface area contributed by atoms with Crippen LogP contribution in [-0.4, -0.2) is 6.61 Å². The molecule has 0 saturated heterocycles. The van der Waals surface area contributed by atoms with Gasteiger partial charge in [-0.3, -0.25) is 0 Å². The lowest BCUT2D eigenvalue weighted by Crippen LogP contribution is -1.99. The van der Waals surface area contributed by atoms with Crippen molar-refractivity contribution in [1.29, 1.82) is 0 Å². The van der Waals surface area contributed by atoms with Crippen molar-refractivity contribution >= 4 is 6.08 Å². The average molecular weight is 238 g/mol. The topological polar surface area (TPSA) is 9.23 Å². The first-order chi connectivity index (χ1) is 8.86. The van der Waals surface area contributed by atoms with Gasteiger partial charge in [0.25, 0.3) is 0 Å². The highest BCUT2D eigenvalue weighted by Gasteiger charge is 2.02. The van der Waals surface area contributed by atoms with Crippen LogP contribution in [0.5, 0.6) is 0 Å². The predicted molar refractivity (Wildman–Crippen MR) is 76.3 cm³/mol. The summed E-state index contributed by atoms with van der Waals surface area (Å²) in [5.41, 5.74) is 2.42. The predicted octanol–water partition coefficient (Wildman–Crippen LogP) is 4.48. The van der Waals surface area contributed by atoms with Gasteiger partial charge in [0.2, 0.25) is 0 Å². The Kier molecular flexibility index (Phi) is 4.74. The quantitative estimate of drug-likeness (QED) is 0.746. The molecule has 0 aliphatic rings. The summed E-state index contributed by atoms with van der Waals surface area (Å²) in [5, 5.41) is 0. The van der Waals surface area contributed by atoms with Crippen LogP contribution in [0, 0.1) is 0 Å². The Bertz CT molecular complexity index is 473. The van der Waals surface area contributed by atoms with Gasteiger partial charge in [-0.05, 0) is 18.1 Å². The first-order valence-electron chi connectivity index (χ1n) is 6.24. The number of hydrogen-bond acceptors (Lipinski definition) is 1.